The maximum absolute atomic E-state index is 10.7. The fourth-order valence-electron chi connectivity index (χ4n) is 4.56. The number of hydrogen-bond donors (Lipinski definition) is 2. The summed E-state index contributed by atoms with van der Waals surface area (Å²) in [4.78, 5) is 0. The summed E-state index contributed by atoms with van der Waals surface area (Å²) in [5.41, 5.74) is 8.39. The van der Waals surface area contributed by atoms with E-state index in [2.05, 4.69) is 31.2 Å². The Kier molecular flexibility index (Phi) is 4.13. The highest BCUT2D eigenvalue weighted by atomic mass is 16.3. The first-order valence-corrected chi connectivity index (χ1v) is 8.12. The SMILES string of the molecule is Cc1cccc(C(CN)C(O)CC2CC3CCC2C3)c1. The molecule has 20 heavy (non-hydrogen) atoms. The summed E-state index contributed by atoms with van der Waals surface area (Å²) < 4.78 is 0. The molecule has 0 radical (unpaired) electrons. The molecule has 2 nitrogen and oxygen atoms in total. The second-order valence-electron chi connectivity index (χ2n) is 6.99. The molecule has 110 valence electrons. The lowest BCUT2D eigenvalue weighted by Crippen LogP contribution is -2.29. The average Bonchev–Trinajstić information content (AvgIpc) is 3.02. The summed E-state index contributed by atoms with van der Waals surface area (Å²) in [7, 11) is 0. The van der Waals surface area contributed by atoms with Crippen molar-refractivity contribution in [3.8, 4) is 0 Å². The summed E-state index contributed by atoms with van der Waals surface area (Å²) in [6.45, 7) is 2.63. The normalized spacial score (nSPS) is 31.4. The van der Waals surface area contributed by atoms with E-state index in [4.69, 9.17) is 5.73 Å². The van der Waals surface area contributed by atoms with Crippen LogP contribution in [0.25, 0.3) is 0 Å². The summed E-state index contributed by atoms with van der Waals surface area (Å²) in [6.07, 6.45) is 6.22. The van der Waals surface area contributed by atoms with Crippen LogP contribution in [0.2, 0.25) is 0 Å². The van der Waals surface area contributed by atoms with Crippen molar-refractivity contribution < 1.29 is 5.11 Å². The highest BCUT2D eigenvalue weighted by Crippen LogP contribution is 2.50. The van der Waals surface area contributed by atoms with Crippen molar-refractivity contribution >= 4 is 0 Å². The van der Waals surface area contributed by atoms with E-state index in [0.717, 1.165) is 24.2 Å². The lowest BCUT2D eigenvalue weighted by atomic mass is 9.80. The fourth-order valence-corrected chi connectivity index (χ4v) is 4.56. The largest absolute Gasteiger partial charge is 0.392 e. The number of hydrogen-bond acceptors (Lipinski definition) is 2. The zero-order valence-electron chi connectivity index (χ0n) is 12.5. The molecule has 0 aliphatic heterocycles. The molecule has 0 spiro atoms. The Morgan fingerprint density at radius 2 is 2.15 bits per heavy atom. The number of fused-ring (bicyclic) bond motifs is 2. The summed E-state index contributed by atoms with van der Waals surface area (Å²) in [6, 6.07) is 8.44. The predicted octanol–water partition coefficient (Wildman–Crippen LogP) is 3.22. The summed E-state index contributed by atoms with van der Waals surface area (Å²) >= 11 is 0. The van der Waals surface area contributed by atoms with Crippen LogP contribution in [0.1, 0.15) is 49.1 Å². The Morgan fingerprint density at radius 3 is 2.75 bits per heavy atom. The summed E-state index contributed by atoms with van der Waals surface area (Å²) in [5, 5.41) is 10.7. The lowest BCUT2D eigenvalue weighted by Gasteiger charge is -2.28. The molecule has 0 amide bonds. The van der Waals surface area contributed by atoms with Gasteiger partial charge in [0, 0.05) is 12.5 Å². The number of aliphatic hydroxyl groups excluding tert-OH is 1. The van der Waals surface area contributed by atoms with E-state index in [1.165, 1.54) is 36.8 Å². The highest BCUT2D eigenvalue weighted by molar-refractivity contribution is 5.26. The van der Waals surface area contributed by atoms with Gasteiger partial charge in [-0.1, -0.05) is 36.2 Å². The van der Waals surface area contributed by atoms with E-state index < -0.39 is 0 Å². The molecule has 3 rings (SSSR count). The van der Waals surface area contributed by atoms with Gasteiger partial charge in [0.1, 0.15) is 0 Å². The first-order valence-electron chi connectivity index (χ1n) is 8.12. The van der Waals surface area contributed by atoms with Crippen LogP contribution >= 0.6 is 0 Å². The fraction of sp³-hybridized carbons (Fsp3) is 0.667. The van der Waals surface area contributed by atoms with Crippen LogP contribution in [-0.2, 0) is 0 Å². The van der Waals surface area contributed by atoms with Crippen molar-refractivity contribution in [1.29, 1.82) is 0 Å². The van der Waals surface area contributed by atoms with Crippen LogP contribution in [0.4, 0.5) is 0 Å². The Bertz CT molecular complexity index is 458. The minimum Gasteiger partial charge on any atom is -0.392 e. The molecule has 3 N–H and O–H groups in total. The van der Waals surface area contributed by atoms with Gasteiger partial charge in [0.15, 0.2) is 0 Å². The van der Waals surface area contributed by atoms with Gasteiger partial charge in [0.25, 0.3) is 0 Å². The number of nitrogens with two attached hydrogens (primary N) is 1. The number of aliphatic hydroxyl groups is 1. The van der Waals surface area contributed by atoms with Crippen LogP contribution in [0.3, 0.4) is 0 Å². The first kappa shape index (κ1) is 14.1. The van der Waals surface area contributed by atoms with Crippen molar-refractivity contribution in [2.75, 3.05) is 6.54 Å². The number of aryl methyl sites for hydroxylation is 1. The predicted molar refractivity (Wildman–Crippen MR) is 82.5 cm³/mol. The average molecular weight is 273 g/mol. The van der Waals surface area contributed by atoms with Crippen LogP contribution < -0.4 is 5.73 Å². The number of rotatable bonds is 5. The third kappa shape index (κ3) is 2.77. The molecule has 0 heterocycles. The maximum atomic E-state index is 10.7. The van der Waals surface area contributed by atoms with Gasteiger partial charge in [-0.2, -0.15) is 0 Å². The zero-order valence-corrected chi connectivity index (χ0v) is 12.5. The van der Waals surface area contributed by atoms with Gasteiger partial charge in [-0.15, -0.1) is 0 Å². The van der Waals surface area contributed by atoms with Gasteiger partial charge in [0.05, 0.1) is 6.10 Å². The standard InChI is InChI=1S/C18H27NO/c1-12-3-2-4-15(7-12)17(11-19)18(20)10-16-9-13-5-6-14(16)8-13/h2-4,7,13-14,16-18,20H,5-6,8-11,19H2,1H3. The van der Waals surface area contributed by atoms with Crippen molar-refractivity contribution in [2.24, 2.45) is 23.5 Å². The van der Waals surface area contributed by atoms with Crippen LogP contribution in [0.15, 0.2) is 24.3 Å². The van der Waals surface area contributed by atoms with Gasteiger partial charge in [-0.25, -0.2) is 0 Å². The maximum Gasteiger partial charge on any atom is 0.0623 e. The first-order chi connectivity index (χ1) is 9.67. The third-order valence-corrected chi connectivity index (χ3v) is 5.62. The van der Waals surface area contributed by atoms with E-state index in [0.29, 0.717) is 6.54 Å². The number of benzene rings is 1. The molecular formula is C18H27NO. The molecule has 2 aliphatic rings. The second kappa shape index (κ2) is 5.87. The van der Waals surface area contributed by atoms with Gasteiger partial charge in [0.2, 0.25) is 0 Å². The molecule has 0 saturated heterocycles. The van der Waals surface area contributed by atoms with E-state index in [1.807, 2.05) is 0 Å². The Morgan fingerprint density at radius 1 is 1.30 bits per heavy atom. The van der Waals surface area contributed by atoms with Gasteiger partial charge < -0.3 is 10.8 Å². The van der Waals surface area contributed by atoms with E-state index in [1.54, 1.807) is 0 Å². The van der Waals surface area contributed by atoms with E-state index in [9.17, 15) is 5.11 Å². The molecule has 1 aromatic rings. The minimum atomic E-state index is -0.286. The highest BCUT2D eigenvalue weighted by Gasteiger charge is 2.40. The molecule has 2 saturated carbocycles. The molecule has 2 heteroatoms. The van der Waals surface area contributed by atoms with Crippen molar-refractivity contribution in [3.63, 3.8) is 0 Å². The Labute approximate surface area is 122 Å². The molecule has 2 bridgehead atoms. The molecular weight excluding hydrogens is 246 g/mol. The second-order valence-corrected chi connectivity index (χ2v) is 6.99. The van der Waals surface area contributed by atoms with Crippen LogP contribution in [0.5, 0.6) is 0 Å². The summed E-state index contributed by atoms with van der Waals surface area (Å²) in [5.74, 6) is 2.66. The molecule has 2 aliphatic carbocycles. The van der Waals surface area contributed by atoms with Crippen molar-refractivity contribution in [3.05, 3.63) is 35.4 Å². The van der Waals surface area contributed by atoms with E-state index >= 15 is 0 Å². The topological polar surface area (TPSA) is 46.2 Å². The quantitative estimate of drug-likeness (QED) is 0.865. The van der Waals surface area contributed by atoms with Gasteiger partial charge in [-0.3, -0.25) is 0 Å². The van der Waals surface area contributed by atoms with Crippen LogP contribution in [-0.4, -0.2) is 17.8 Å². The monoisotopic (exact) mass is 273 g/mol. The Hall–Kier alpha value is -0.860. The van der Waals surface area contributed by atoms with Crippen molar-refractivity contribution in [1.82, 2.24) is 0 Å². The molecule has 5 unspecified atom stereocenters. The zero-order chi connectivity index (χ0) is 14.1. The molecule has 0 aromatic heterocycles. The molecule has 1 aromatic carbocycles. The third-order valence-electron chi connectivity index (χ3n) is 5.62. The Balaban J connectivity index is 1.66. The molecule has 2 fully saturated rings. The lowest BCUT2D eigenvalue weighted by molar-refractivity contribution is 0.101. The van der Waals surface area contributed by atoms with E-state index in [-0.39, 0.29) is 12.0 Å². The minimum absolute atomic E-state index is 0.0917. The van der Waals surface area contributed by atoms with Gasteiger partial charge >= 0.3 is 0 Å². The molecule has 5 atom stereocenters. The van der Waals surface area contributed by atoms with Crippen molar-refractivity contribution in [2.45, 2.75) is 51.0 Å². The smallest absolute Gasteiger partial charge is 0.0623 e. The van der Waals surface area contributed by atoms with Gasteiger partial charge in [-0.05, 0) is 55.9 Å². The van der Waals surface area contributed by atoms with Crippen LogP contribution in [0, 0.1) is 24.7 Å².